The fourth-order valence-electron chi connectivity index (χ4n) is 3.58. The van der Waals surface area contributed by atoms with E-state index < -0.39 is 10.0 Å². The SMILES string of the molecule is CCN(CC)S(=O)(=O)c1cc(NC(=O)CNC2CCCCCCC2)ccc1Cl. The minimum absolute atomic E-state index is 0.0173. The standard InChI is InChI=1S/C20H32ClN3O3S/c1-3-24(4-2)28(26,27)19-14-17(12-13-18(19)21)23-20(25)15-22-16-10-8-6-5-7-9-11-16/h12-14,16,22H,3-11,15H2,1-2H3,(H,23,25). The van der Waals surface area contributed by atoms with Crippen LogP contribution in [0, 0.1) is 0 Å². The van der Waals surface area contributed by atoms with E-state index in [0.29, 0.717) is 24.8 Å². The summed E-state index contributed by atoms with van der Waals surface area (Å²) in [7, 11) is -3.69. The third-order valence-corrected chi connectivity index (χ3v) is 7.73. The van der Waals surface area contributed by atoms with E-state index in [1.54, 1.807) is 19.9 Å². The summed E-state index contributed by atoms with van der Waals surface area (Å²) in [5.41, 5.74) is 0.430. The lowest BCUT2D eigenvalue weighted by atomic mass is 9.97. The molecule has 0 saturated heterocycles. The molecule has 0 aliphatic heterocycles. The molecule has 8 heteroatoms. The fourth-order valence-corrected chi connectivity index (χ4v) is 5.54. The number of sulfonamides is 1. The second kappa shape index (κ2) is 11.1. The van der Waals surface area contributed by atoms with Crippen molar-refractivity contribution in [3.8, 4) is 0 Å². The van der Waals surface area contributed by atoms with Crippen molar-refractivity contribution in [1.29, 1.82) is 0 Å². The Morgan fingerprint density at radius 2 is 1.71 bits per heavy atom. The van der Waals surface area contributed by atoms with E-state index >= 15 is 0 Å². The van der Waals surface area contributed by atoms with Crippen LogP contribution in [0.1, 0.15) is 58.8 Å². The Balaban J connectivity index is 2.01. The van der Waals surface area contributed by atoms with Crippen molar-refractivity contribution in [2.24, 2.45) is 0 Å². The Kier molecular flexibility index (Phi) is 9.21. The van der Waals surface area contributed by atoms with E-state index in [1.807, 2.05) is 0 Å². The minimum Gasteiger partial charge on any atom is -0.325 e. The number of hydrogen-bond donors (Lipinski definition) is 2. The van der Waals surface area contributed by atoms with Crippen LogP contribution in [-0.4, -0.2) is 44.3 Å². The molecular formula is C20H32ClN3O3S. The second-order valence-electron chi connectivity index (χ2n) is 7.21. The summed E-state index contributed by atoms with van der Waals surface area (Å²) in [6.45, 7) is 4.49. The van der Waals surface area contributed by atoms with Crippen molar-refractivity contribution < 1.29 is 13.2 Å². The number of rotatable bonds is 8. The van der Waals surface area contributed by atoms with Crippen LogP contribution >= 0.6 is 11.6 Å². The number of nitrogens with one attached hydrogen (secondary N) is 2. The summed E-state index contributed by atoms with van der Waals surface area (Å²) >= 11 is 6.14. The molecule has 0 atom stereocenters. The summed E-state index contributed by atoms with van der Waals surface area (Å²) < 4.78 is 26.9. The van der Waals surface area contributed by atoms with Crippen molar-refractivity contribution >= 4 is 33.2 Å². The summed E-state index contributed by atoms with van der Waals surface area (Å²) in [4.78, 5) is 12.4. The summed E-state index contributed by atoms with van der Waals surface area (Å²) in [5.74, 6) is -0.185. The number of amides is 1. The monoisotopic (exact) mass is 429 g/mol. The lowest BCUT2D eigenvalue weighted by Gasteiger charge is -2.21. The topological polar surface area (TPSA) is 78.5 Å². The molecule has 1 aliphatic carbocycles. The molecule has 6 nitrogen and oxygen atoms in total. The lowest BCUT2D eigenvalue weighted by molar-refractivity contribution is -0.115. The number of halogens is 1. The van der Waals surface area contributed by atoms with Gasteiger partial charge in [-0.05, 0) is 31.0 Å². The zero-order chi connectivity index (χ0) is 20.6. The molecule has 1 saturated carbocycles. The van der Waals surface area contributed by atoms with Crippen molar-refractivity contribution in [2.45, 2.75) is 69.7 Å². The molecule has 0 aromatic heterocycles. The van der Waals surface area contributed by atoms with Crippen LogP contribution in [0.5, 0.6) is 0 Å². The molecule has 0 spiro atoms. The number of carbonyl (C=O) groups is 1. The van der Waals surface area contributed by atoms with Crippen molar-refractivity contribution in [3.05, 3.63) is 23.2 Å². The summed E-state index contributed by atoms with van der Waals surface area (Å²) in [6, 6.07) is 4.94. The van der Waals surface area contributed by atoms with Gasteiger partial charge in [0.2, 0.25) is 15.9 Å². The molecule has 1 aromatic carbocycles. The minimum atomic E-state index is -3.69. The van der Waals surface area contributed by atoms with Crippen molar-refractivity contribution in [3.63, 3.8) is 0 Å². The Labute approximate surface area is 174 Å². The first-order chi connectivity index (χ1) is 13.4. The first-order valence-corrected chi connectivity index (χ1v) is 12.0. The molecule has 1 aliphatic rings. The number of carbonyl (C=O) groups excluding carboxylic acids is 1. The molecule has 1 fully saturated rings. The highest BCUT2D eigenvalue weighted by molar-refractivity contribution is 7.89. The third kappa shape index (κ3) is 6.44. The highest BCUT2D eigenvalue weighted by atomic mass is 35.5. The van der Waals surface area contributed by atoms with Gasteiger partial charge in [0.15, 0.2) is 0 Å². The number of anilines is 1. The molecule has 1 aromatic rings. The van der Waals surface area contributed by atoms with Crippen LogP contribution in [0.4, 0.5) is 5.69 Å². The van der Waals surface area contributed by atoms with Gasteiger partial charge in [-0.2, -0.15) is 4.31 Å². The molecule has 158 valence electrons. The van der Waals surface area contributed by atoms with Gasteiger partial charge in [0, 0.05) is 24.8 Å². The van der Waals surface area contributed by atoms with Gasteiger partial charge in [-0.1, -0.05) is 57.6 Å². The lowest BCUT2D eigenvalue weighted by Crippen LogP contribution is -2.36. The molecular weight excluding hydrogens is 398 g/mol. The van der Waals surface area contributed by atoms with Gasteiger partial charge in [-0.3, -0.25) is 4.79 Å². The fraction of sp³-hybridized carbons (Fsp3) is 0.650. The summed E-state index contributed by atoms with van der Waals surface area (Å²) in [6.07, 6.45) is 8.42. The predicted octanol–water partition coefficient (Wildman–Crippen LogP) is 4.01. The number of benzene rings is 1. The molecule has 2 rings (SSSR count). The number of hydrogen-bond acceptors (Lipinski definition) is 4. The van der Waals surface area contributed by atoms with Crippen LogP contribution in [0.3, 0.4) is 0 Å². The molecule has 0 heterocycles. The Morgan fingerprint density at radius 1 is 1.11 bits per heavy atom. The maximum Gasteiger partial charge on any atom is 0.244 e. The summed E-state index contributed by atoms with van der Waals surface area (Å²) in [5, 5.41) is 6.27. The van der Waals surface area contributed by atoms with Crippen LogP contribution in [0.15, 0.2) is 23.1 Å². The van der Waals surface area contributed by atoms with E-state index in [-0.39, 0.29) is 22.4 Å². The zero-order valence-corrected chi connectivity index (χ0v) is 18.4. The predicted molar refractivity (Wildman–Crippen MR) is 114 cm³/mol. The first-order valence-electron chi connectivity index (χ1n) is 10.2. The van der Waals surface area contributed by atoms with Crippen LogP contribution in [-0.2, 0) is 14.8 Å². The largest absolute Gasteiger partial charge is 0.325 e. The smallest absolute Gasteiger partial charge is 0.244 e. The van der Waals surface area contributed by atoms with Crippen LogP contribution < -0.4 is 10.6 Å². The van der Waals surface area contributed by atoms with Gasteiger partial charge in [0.1, 0.15) is 4.90 Å². The van der Waals surface area contributed by atoms with Gasteiger partial charge >= 0.3 is 0 Å². The average Bonchev–Trinajstić information content (AvgIpc) is 2.63. The maximum absolute atomic E-state index is 12.8. The van der Waals surface area contributed by atoms with Crippen molar-refractivity contribution in [1.82, 2.24) is 9.62 Å². The Hall–Kier alpha value is -1.15. The van der Waals surface area contributed by atoms with Gasteiger partial charge in [0.05, 0.1) is 11.6 Å². The molecule has 2 N–H and O–H groups in total. The quantitative estimate of drug-likeness (QED) is 0.654. The molecule has 1 amide bonds. The first kappa shape index (κ1) is 23.1. The Morgan fingerprint density at radius 3 is 2.32 bits per heavy atom. The average molecular weight is 430 g/mol. The molecule has 0 bridgehead atoms. The third-order valence-electron chi connectivity index (χ3n) is 5.19. The highest BCUT2D eigenvalue weighted by Gasteiger charge is 2.25. The van der Waals surface area contributed by atoms with Crippen LogP contribution in [0.2, 0.25) is 5.02 Å². The maximum atomic E-state index is 12.8. The number of nitrogens with zero attached hydrogens (tertiary/aromatic N) is 1. The van der Waals surface area contributed by atoms with E-state index in [2.05, 4.69) is 10.6 Å². The van der Waals surface area contributed by atoms with Gasteiger partial charge in [-0.15, -0.1) is 0 Å². The van der Waals surface area contributed by atoms with Crippen LogP contribution in [0.25, 0.3) is 0 Å². The molecule has 0 radical (unpaired) electrons. The van der Waals surface area contributed by atoms with E-state index in [1.165, 1.54) is 48.5 Å². The zero-order valence-electron chi connectivity index (χ0n) is 16.8. The molecule has 0 unspecified atom stereocenters. The van der Waals surface area contributed by atoms with Gasteiger partial charge in [-0.25, -0.2) is 8.42 Å². The van der Waals surface area contributed by atoms with Crippen molar-refractivity contribution in [2.75, 3.05) is 25.0 Å². The van der Waals surface area contributed by atoms with Gasteiger partial charge < -0.3 is 10.6 Å². The van der Waals surface area contributed by atoms with E-state index in [4.69, 9.17) is 11.6 Å². The van der Waals surface area contributed by atoms with Gasteiger partial charge in [0.25, 0.3) is 0 Å². The molecule has 28 heavy (non-hydrogen) atoms. The van der Waals surface area contributed by atoms with E-state index in [9.17, 15) is 13.2 Å². The van der Waals surface area contributed by atoms with E-state index in [0.717, 1.165) is 12.8 Å². The Bertz CT molecular complexity index is 743. The highest BCUT2D eigenvalue weighted by Crippen LogP contribution is 2.27. The second-order valence-corrected chi connectivity index (χ2v) is 9.52. The normalized spacial score (nSPS) is 16.6.